The van der Waals surface area contributed by atoms with Crippen molar-refractivity contribution in [3.05, 3.63) is 0 Å². The van der Waals surface area contributed by atoms with Gasteiger partial charge in [-0.05, 0) is 39.7 Å². The number of carbonyl (C=O) groups excluding carboxylic acids is 1. The van der Waals surface area contributed by atoms with E-state index in [-0.39, 0.29) is 36.4 Å². The maximum Gasteiger partial charge on any atom is 0.227 e. The molecule has 0 aromatic heterocycles. The molecular formula is C11H23ClN2O2. The normalized spacial score (nSPS) is 26.7. The van der Waals surface area contributed by atoms with E-state index in [1.807, 2.05) is 13.8 Å². The molecule has 0 spiro atoms. The van der Waals surface area contributed by atoms with Crippen LogP contribution in [0.15, 0.2) is 0 Å². The Morgan fingerprint density at radius 1 is 1.62 bits per heavy atom. The van der Waals surface area contributed by atoms with Gasteiger partial charge in [-0.3, -0.25) is 4.79 Å². The van der Waals surface area contributed by atoms with Gasteiger partial charge in [0.05, 0.1) is 5.41 Å². The third-order valence-electron chi connectivity index (χ3n) is 3.09. The smallest absolute Gasteiger partial charge is 0.227 e. The predicted octanol–water partition coefficient (Wildman–Crippen LogP) is 0.685. The fourth-order valence-electron chi connectivity index (χ4n) is 1.91. The van der Waals surface area contributed by atoms with E-state index in [2.05, 4.69) is 10.6 Å². The lowest BCUT2D eigenvalue weighted by Gasteiger charge is -2.33. The minimum absolute atomic E-state index is 0. The van der Waals surface area contributed by atoms with Crippen LogP contribution in [0.2, 0.25) is 0 Å². The summed E-state index contributed by atoms with van der Waals surface area (Å²) in [6, 6.07) is 0.0567. The molecular weight excluding hydrogens is 228 g/mol. The summed E-state index contributed by atoms with van der Waals surface area (Å²) in [6.07, 6.45) is 2.62. The van der Waals surface area contributed by atoms with E-state index in [0.29, 0.717) is 6.42 Å². The molecule has 3 N–H and O–H groups in total. The van der Waals surface area contributed by atoms with Crippen LogP contribution in [-0.4, -0.2) is 36.8 Å². The molecule has 0 aliphatic carbocycles. The van der Waals surface area contributed by atoms with Crippen LogP contribution in [0.5, 0.6) is 0 Å². The van der Waals surface area contributed by atoms with E-state index < -0.39 is 0 Å². The van der Waals surface area contributed by atoms with Crippen molar-refractivity contribution in [1.29, 1.82) is 0 Å². The average molecular weight is 251 g/mol. The number of amides is 1. The number of hydrogen-bond donors (Lipinski definition) is 3. The standard InChI is InChI=1S/C11H22N2O2.ClH/c1-9(4-7-14)13-10(15)11(2)5-3-6-12-8-11;/h9,12,14H,3-8H2,1-2H3,(H,13,15);1H. The maximum atomic E-state index is 12.0. The monoisotopic (exact) mass is 250 g/mol. The number of aliphatic hydroxyl groups excluding tert-OH is 1. The zero-order valence-electron chi connectivity index (χ0n) is 10.1. The van der Waals surface area contributed by atoms with E-state index in [4.69, 9.17) is 5.11 Å². The summed E-state index contributed by atoms with van der Waals surface area (Å²) in [5, 5.41) is 15.0. The van der Waals surface area contributed by atoms with Crippen LogP contribution in [0.25, 0.3) is 0 Å². The van der Waals surface area contributed by atoms with Gasteiger partial charge in [-0.2, -0.15) is 0 Å². The maximum absolute atomic E-state index is 12.0. The number of hydrogen-bond acceptors (Lipinski definition) is 3. The second-order valence-corrected chi connectivity index (χ2v) is 4.73. The lowest BCUT2D eigenvalue weighted by molar-refractivity contribution is -0.131. The highest BCUT2D eigenvalue weighted by Crippen LogP contribution is 2.25. The summed E-state index contributed by atoms with van der Waals surface area (Å²) in [4.78, 5) is 12.0. The largest absolute Gasteiger partial charge is 0.396 e. The van der Waals surface area contributed by atoms with E-state index in [1.54, 1.807) is 0 Å². The molecule has 1 amide bonds. The first kappa shape index (κ1) is 15.7. The molecule has 16 heavy (non-hydrogen) atoms. The van der Waals surface area contributed by atoms with Gasteiger partial charge in [-0.15, -0.1) is 12.4 Å². The summed E-state index contributed by atoms with van der Waals surface area (Å²) in [5.74, 6) is 0.107. The molecule has 0 aromatic carbocycles. The van der Waals surface area contributed by atoms with Crippen LogP contribution < -0.4 is 10.6 Å². The highest BCUT2D eigenvalue weighted by Gasteiger charge is 2.34. The lowest BCUT2D eigenvalue weighted by atomic mass is 9.81. The fraction of sp³-hybridized carbons (Fsp3) is 0.909. The molecule has 0 aromatic rings. The van der Waals surface area contributed by atoms with Crippen LogP contribution in [0.1, 0.15) is 33.1 Å². The molecule has 1 aliphatic heterocycles. The molecule has 5 heteroatoms. The number of carbonyl (C=O) groups is 1. The molecule has 1 heterocycles. The Morgan fingerprint density at radius 2 is 2.31 bits per heavy atom. The van der Waals surface area contributed by atoms with Crippen molar-refractivity contribution in [1.82, 2.24) is 10.6 Å². The third kappa shape index (κ3) is 4.28. The Morgan fingerprint density at radius 3 is 2.81 bits per heavy atom. The Kier molecular flexibility index (Phi) is 6.95. The molecule has 1 saturated heterocycles. The van der Waals surface area contributed by atoms with Gasteiger partial charge in [0.1, 0.15) is 0 Å². The molecule has 1 rings (SSSR count). The molecule has 1 fully saturated rings. The van der Waals surface area contributed by atoms with Gasteiger partial charge in [-0.1, -0.05) is 0 Å². The van der Waals surface area contributed by atoms with Crippen LogP contribution in [0.4, 0.5) is 0 Å². The van der Waals surface area contributed by atoms with E-state index in [1.165, 1.54) is 0 Å². The number of halogens is 1. The molecule has 0 saturated carbocycles. The van der Waals surface area contributed by atoms with Crippen molar-refractivity contribution >= 4 is 18.3 Å². The highest BCUT2D eigenvalue weighted by atomic mass is 35.5. The van der Waals surface area contributed by atoms with Crippen LogP contribution >= 0.6 is 12.4 Å². The SMILES string of the molecule is CC(CCO)NC(=O)C1(C)CCCNC1.Cl. The topological polar surface area (TPSA) is 61.4 Å². The molecule has 4 nitrogen and oxygen atoms in total. The number of aliphatic hydroxyl groups is 1. The lowest BCUT2D eigenvalue weighted by Crippen LogP contribution is -2.50. The minimum Gasteiger partial charge on any atom is -0.396 e. The Bertz CT molecular complexity index is 218. The average Bonchev–Trinajstić information content (AvgIpc) is 2.19. The van der Waals surface area contributed by atoms with Gasteiger partial charge >= 0.3 is 0 Å². The first-order valence-electron chi connectivity index (χ1n) is 5.71. The third-order valence-corrected chi connectivity index (χ3v) is 3.09. The predicted molar refractivity (Wildman–Crippen MR) is 66.8 cm³/mol. The summed E-state index contributed by atoms with van der Waals surface area (Å²) >= 11 is 0. The summed E-state index contributed by atoms with van der Waals surface area (Å²) in [6.45, 7) is 5.81. The first-order valence-corrected chi connectivity index (χ1v) is 5.71. The van der Waals surface area contributed by atoms with Crippen molar-refractivity contribution in [3.8, 4) is 0 Å². The van der Waals surface area contributed by atoms with Gasteiger partial charge in [0.15, 0.2) is 0 Å². The van der Waals surface area contributed by atoms with Gasteiger partial charge in [0.2, 0.25) is 5.91 Å². The van der Waals surface area contributed by atoms with Crippen molar-refractivity contribution in [3.63, 3.8) is 0 Å². The van der Waals surface area contributed by atoms with E-state index in [0.717, 1.165) is 25.9 Å². The van der Waals surface area contributed by atoms with Crippen LogP contribution in [0, 0.1) is 5.41 Å². The second-order valence-electron chi connectivity index (χ2n) is 4.73. The first-order chi connectivity index (χ1) is 7.08. The minimum atomic E-state index is -0.276. The number of nitrogens with one attached hydrogen (secondary N) is 2. The fourth-order valence-corrected chi connectivity index (χ4v) is 1.91. The van der Waals surface area contributed by atoms with Crippen molar-refractivity contribution in [2.75, 3.05) is 19.7 Å². The van der Waals surface area contributed by atoms with E-state index in [9.17, 15) is 4.79 Å². The number of piperidine rings is 1. The van der Waals surface area contributed by atoms with Crippen LogP contribution in [0.3, 0.4) is 0 Å². The molecule has 1 aliphatic rings. The van der Waals surface area contributed by atoms with Crippen LogP contribution in [-0.2, 0) is 4.79 Å². The van der Waals surface area contributed by atoms with Gasteiger partial charge in [0, 0.05) is 19.2 Å². The number of rotatable bonds is 4. The van der Waals surface area contributed by atoms with Crippen molar-refractivity contribution < 1.29 is 9.90 Å². The molecule has 96 valence electrons. The van der Waals surface area contributed by atoms with Gasteiger partial charge < -0.3 is 15.7 Å². The Hall–Kier alpha value is -0.320. The molecule has 0 bridgehead atoms. The zero-order chi connectivity index (χ0) is 11.3. The molecule has 2 unspecified atom stereocenters. The van der Waals surface area contributed by atoms with Gasteiger partial charge in [0.25, 0.3) is 0 Å². The molecule has 2 atom stereocenters. The Labute approximate surface area is 104 Å². The summed E-state index contributed by atoms with van der Waals surface area (Å²) < 4.78 is 0. The second kappa shape index (κ2) is 7.09. The van der Waals surface area contributed by atoms with E-state index >= 15 is 0 Å². The quantitative estimate of drug-likeness (QED) is 0.688. The molecule has 0 radical (unpaired) electrons. The highest BCUT2D eigenvalue weighted by molar-refractivity contribution is 5.85. The Balaban J connectivity index is 0.00000225. The van der Waals surface area contributed by atoms with Crippen molar-refractivity contribution in [2.24, 2.45) is 5.41 Å². The van der Waals surface area contributed by atoms with Gasteiger partial charge in [-0.25, -0.2) is 0 Å². The summed E-state index contributed by atoms with van der Waals surface area (Å²) in [7, 11) is 0. The zero-order valence-corrected chi connectivity index (χ0v) is 10.9. The van der Waals surface area contributed by atoms with Crippen molar-refractivity contribution in [2.45, 2.75) is 39.2 Å². The summed E-state index contributed by atoms with van der Waals surface area (Å²) in [5.41, 5.74) is -0.276.